The lowest BCUT2D eigenvalue weighted by Crippen LogP contribution is -2.54. The topological polar surface area (TPSA) is 32.7 Å². The molecule has 2 aliphatic rings. The zero-order chi connectivity index (χ0) is 16.9. The van der Waals surface area contributed by atoms with Crippen LogP contribution in [0.25, 0.3) is 0 Å². The second kappa shape index (κ2) is 5.38. The van der Waals surface area contributed by atoms with Crippen LogP contribution in [0.2, 0.25) is 0 Å². The van der Waals surface area contributed by atoms with Crippen LogP contribution in [0.4, 0.5) is 13.2 Å². The van der Waals surface area contributed by atoms with Crippen molar-refractivity contribution in [1.29, 1.82) is 0 Å². The highest BCUT2D eigenvalue weighted by atomic mass is 19.4. The van der Waals surface area contributed by atoms with E-state index in [4.69, 9.17) is 0 Å². The van der Waals surface area contributed by atoms with Crippen LogP contribution in [0.1, 0.15) is 25.8 Å². The van der Waals surface area contributed by atoms with Crippen LogP contribution in [0.3, 0.4) is 0 Å². The minimum Gasteiger partial charge on any atom is -0.406 e. The number of nitrogens with zero attached hydrogens (tertiary/aromatic N) is 1. The highest BCUT2D eigenvalue weighted by Gasteiger charge is 2.62. The Morgan fingerprint density at radius 1 is 1.26 bits per heavy atom. The lowest BCUT2D eigenvalue weighted by atomic mass is 9.48. The SMILES string of the molecule is CC1(C)C[C@]2(CO)CN(Cc3ccc(OC(F)(F)F)cc3)C[C@H]12. The van der Waals surface area contributed by atoms with E-state index in [1.54, 1.807) is 12.1 Å². The molecule has 1 heterocycles. The Morgan fingerprint density at radius 3 is 2.39 bits per heavy atom. The van der Waals surface area contributed by atoms with Gasteiger partial charge < -0.3 is 9.84 Å². The molecular weight excluding hydrogens is 307 g/mol. The summed E-state index contributed by atoms with van der Waals surface area (Å²) in [4.78, 5) is 2.29. The molecule has 0 radical (unpaired) electrons. The van der Waals surface area contributed by atoms with Crippen LogP contribution >= 0.6 is 0 Å². The molecule has 3 rings (SSSR count). The third kappa shape index (κ3) is 3.19. The van der Waals surface area contributed by atoms with Gasteiger partial charge in [-0.2, -0.15) is 0 Å². The Bertz CT molecular complexity index is 570. The lowest BCUT2D eigenvalue weighted by Gasteiger charge is -2.56. The zero-order valence-corrected chi connectivity index (χ0v) is 13.4. The highest BCUT2D eigenvalue weighted by Crippen LogP contribution is 2.62. The molecule has 1 saturated carbocycles. The van der Waals surface area contributed by atoms with E-state index in [0.717, 1.165) is 25.1 Å². The predicted molar refractivity (Wildman–Crippen MR) is 79.8 cm³/mol. The van der Waals surface area contributed by atoms with Gasteiger partial charge in [-0.05, 0) is 35.4 Å². The first-order valence-corrected chi connectivity index (χ1v) is 7.81. The smallest absolute Gasteiger partial charge is 0.406 e. The largest absolute Gasteiger partial charge is 0.573 e. The van der Waals surface area contributed by atoms with E-state index in [9.17, 15) is 18.3 Å². The monoisotopic (exact) mass is 329 g/mol. The Labute approximate surface area is 134 Å². The number of aliphatic hydroxyl groups excluding tert-OH is 1. The van der Waals surface area contributed by atoms with Crippen LogP contribution in [-0.2, 0) is 6.54 Å². The number of hydrogen-bond acceptors (Lipinski definition) is 3. The van der Waals surface area contributed by atoms with Gasteiger partial charge in [0.15, 0.2) is 0 Å². The molecule has 0 bridgehead atoms. The standard InChI is InChI=1S/C17H22F3NO2/c1-15(2)9-16(11-22)10-21(8-14(15)16)7-12-3-5-13(6-4-12)23-17(18,19)20/h3-6,14,22H,7-11H2,1-2H3/t14-,16-/m1/s1. The molecular formula is C17H22F3NO2. The minimum atomic E-state index is -4.66. The van der Waals surface area contributed by atoms with Crippen LogP contribution in [-0.4, -0.2) is 36.1 Å². The van der Waals surface area contributed by atoms with Gasteiger partial charge in [-0.25, -0.2) is 0 Å². The van der Waals surface area contributed by atoms with E-state index in [1.807, 2.05) is 0 Å². The number of alkyl halides is 3. The van der Waals surface area contributed by atoms with Crippen molar-refractivity contribution >= 4 is 0 Å². The molecule has 128 valence electrons. The molecule has 3 nitrogen and oxygen atoms in total. The Morgan fingerprint density at radius 2 is 1.91 bits per heavy atom. The quantitative estimate of drug-likeness (QED) is 0.919. The highest BCUT2D eigenvalue weighted by molar-refractivity contribution is 5.27. The number of likely N-dealkylation sites (tertiary alicyclic amines) is 1. The van der Waals surface area contributed by atoms with E-state index in [2.05, 4.69) is 23.5 Å². The fourth-order valence-corrected chi connectivity index (χ4v) is 4.62. The molecule has 23 heavy (non-hydrogen) atoms. The predicted octanol–water partition coefficient (Wildman–Crippen LogP) is 3.43. The summed E-state index contributed by atoms with van der Waals surface area (Å²) in [5.74, 6) is 0.281. The van der Waals surface area contributed by atoms with Crippen LogP contribution < -0.4 is 4.74 Å². The van der Waals surface area contributed by atoms with Crippen molar-refractivity contribution in [1.82, 2.24) is 4.90 Å². The minimum absolute atomic E-state index is 0.00281. The van der Waals surface area contributed by atoms with Crippen molar-refractivity contribution < 1.29 is 23.0 Å². The molecule has 1 aromatic carbocycles. The Kier molecular flexibility index (Phi) is 3.88. The summed E-state index contributed by atoms with van der Waals surface area (Å²) in [7, 11) is 0. The Hall–Kier alpha value is -1.27. The van der Waals surface area contributed by atoms with Crippen molar-refractivity contribution in [3.63, 3.8) is 0 Å². The summed E-state index contributed by atoms with van der Waals surface area (Å²) < 4.78 is 40.4. The second-order valence-corrected chi connectivity index (χ2v) is 7.60. The van der Waals surface area contributed by atoms with Crippen molar-refractivity contribution in [2.24, 2.45) is 16.7 Å². The summed E-state index contributed by atoms with van der Waals surface area (Å²) in [6.07, 6.45) is -3.63. The number of halogens is 3. The van der Waals surface area contributed by atoms with Gasteiger partial charge in [0, 0.05) is 25.0 Å². The van der Waals surface area contributed by atoms with Gasteiger partial charge in [-0.3, -0.25) is 4.90 Å². The van der Waals surface area contributed by atoms with E-state index < -0.39 is 6.36 Å². The first-order valence-electron chi connectivity index (χ1n) is 7.81. The third-order valence-electron chi connectivity index (χ3n) is 5.35. The molecule has 6 heteroatoms. The second-order valence-electron chi connectivity index (χ2n) is 7.60. The molecule has 0 spiro atoms. The lowest BCUT2D eigenvalue weighted by molar-refractivity contribution is -0.274. The maximum Gasteiger partial charge on any atom is 0.573 e. The van der Waals surface area contributed by atoms with Crippen molar-refractivity contribution in [2.45, 2.75) is 33.2 Å². The molecule has 1 N–H and O–H groups in total. The maximum atomic E-state index is 12.2. The van der Waals surface area contributed by atoms with Crippen molar-refractivity contribution in [2.75, 3.05) is 19.7 Å². The molecule has 1 saturated heterocycles. The van der Waals surface area contributed by atoms with Gasteiger partial charge >= 0.3 is 6.36 Å². The molecule has 2 fully saturated rings. The summed E-state index contributed by atoms with van der Waals surface area (Å²) in [6, 6.07) is 6.02. The first kappa shape index (κ1) is 16.6. The Balaban J connectivity index is 1.63. The molecule has 0 unspecified atom stereocenters. The number of rotatable bonds is 4. The average molecular weight is 329 g/mol. The fourth-order valence-electron chi connectivity index (χ4n) is 4.62. The van der Waals surface area contributed by atoms with Gasteiger partial charge in [0.2, 0.25) is 0 Å². The van der Waals surface area contributed by atoms with Gasteiger partial charge in [0.05, 0.1) is 6.61 Å². The van der Waals surface area contributed by atoms with E-state index >= 15 is 0 Å². The first-order chi connectivity index (χ1) is 10.6. The average Bonchev–Trinajstić information content (AvgIpc) is 2.74. The van der Waals surface area contributed by atoms with E-state index in [0.29, 0.717) is 12.5 Å². The van der Waals surface area contributed by atoms with Crippen LogP contribution in [0.5, 0.6) is 5.75 Å². The summed E-state index contributed by atoms with van der Waals surface area (Å²) in [6.45, 7) is 7.13. The summed E-state index contributed by atoms with van der Waals surface area (Å²) >= 11 is 0. The van der Waals surface area contributed by atoms with E-state index in [1.165, 1.54) is 12.1 Å². The number of ether oxygens (including phenoxy) is 1. The zero-order valence-electron chi connectivity index (χ0n) is 13.4. The van der Waals surface area contributed by atoms with Crippen LogP contribution in [0, 0.1) is 16.7 Å². The van der Waals surface area contributed by atoms with Crippen molar-refractivity contribution in [3.8, 4) is 5.75 Å². The molecule has 2 atom stereocenters. The fraction of sp³-hybridized carbons (Fsp3) is 0.647. The van der Waals surface area contributed by atoms with E-state index in [-0.39, 0.29) is 23.2 Å². The number of fused-ring (bicyclic) bond motifs is 1. The number of benzene rings is 1. The number of hydrogen-bond donors (Lipinski definition) is 1. The van der Waals surface area contributed by atoms with Gasteiger partial charge in [0.1, 0.15) is 5.75 Å². The van der Waals surface area contributed by atoms with Gasteiger partial charge in [-0.15, -0.1) is 13.2 Å². The maximum absolute atomic E-state index is 12.2. The number of aliphatic hydroxyl groups is 1. The third-order valence-corrected chi connectivity index (χ3v) is 5.35. The van der Waals surface area contributed by atoms with Gasteiger partial charge in [-0.1, -0.05) is 26.0 Å². The summed E-state index contributed by atoms with van der Waals surface area (Å²) in [5, 5.41) is 9.76. The van der Waals surface area contributed by atoms with Gasteiger partial charge in [0.25, 0.3) is 0 Å². The molecule has 1 aromatic rings. The van der Waals surface area contributed by atoms with Crippen LogP contribution in [0.15, 0.2) is 24.3 Å². The molecule has 1 aliphatic carbocycles. The normalized spacial score (nSPS) is 29.9. The molecule has 0 amide bonds. The summed E-state index contributed by atoms with van der Waals surface area (Å²) in [5.41, 5.74) is 1.21. The van der Waals surface area contributed by atoms with Crippen molar-refractivity contribution in [3.05, 3.63) is 29.8 Å². The molecule has 1 aliphatic heterocycles. The molecule has 0 aromatic heterocycles.